The van der Waals surface area contributed by atoms with Gasteiger partial charge in [-0.3, -0.25) is 4.79 Å². The summed E-state index contributed by atoms with van der Waals surface area (Å²) >= 11 is 0. The summed E-state index contributed by atoms with van der Waals surface area (Å²) in [4.78, 5) is 12.6. The van der Waals surface area contributed by atoms with Crippen molar-refractivity contribution in [3.05, 3.63) is 81.6 Å². The van der Waals surface area contributed by atoms with Crippen molar-refractivity contribution < 1.29 is 0 Å². The number of H-pyrrole nitrogens is 1. The molecule has 8 heteroatoms. The van der Waals surface area contributed by atoms with Gasteiger partial charge in [0, 0.05) is 11.1 Å². The Kier molecular flexibility index (Phi) is 3.75. The summed E-state index contributed by atoms with van der Waals surface area (Å²) in [5.74, 6) is 0.424. The summed E-state index contributed by atoms with van der Waals surface area (Å²) in [5, 5.41) is 22.0. The average molecular weight is 371 g/mol. The molecule has 138 valence electrons. The van der Waals surface area contributed by atoms with Gasteiger partial charge in [-0.2, -0.15) is 9.78 Å². The molecule has 0 spiro atoms. The van der Waals surface area contributed by atoms with Crippen LogP contribution in [0, 0.1) is 0 Å². The van der Waals surface area contributed by atoms with E-state index < -0.39 is 0 Å². The number of nitrogens with one attached hydrogen (secondary N) is 2. The van der Waals surface area contributed by atoms with Crippen molar-refractivity contribution in [1.29, 1.82) is 0 Å². The summed E-state index contributed by atoms with van der Waals surface area (Å²) in [7, 11) is 0. The van der Waals surface area contributed by atoms with Crippen LogP contribution < -0.4 is 10.9 Å². The molecule has 4 aromatic rings. The number of tetrazole rings is 1. The first kappa shape index (κ1) is 16.4. The van der Waals surface area contributed by atoms with Gasteiger partial charge in [0.15, 0.2) is 0 Å². The molecular formula is C20H17N7O. The first-order chi connectivity index (χ1) is 13.8. The normalized spacial score (nSPS) is 14.8. The van der Waals surface area contributed by atoms with E-state index in [4.69, 9.17) is 0 Å². The molecule has 8 nitrogen and oxygen atoms in total. The highest BCUT2D eigenvalue weighted by Crippen LogP contribution is 2.40. The number of fused-ring (bicyclic) bond motifs is 2. The fourth-order valence-electron chi connectivity index (χ4n) is 3.60. The van der Waals surface area contributed by atoms with E-state index in [1.54, 1.807) is 4.68 Å². The minimum atomic E-state index is -0.364. The predicted octanol–water partition coefficient (Wildman–Crippen LogP) is 2.68. The molecular weight excluding hydrogens is 354 g/mol. The van der Waals surface area contributed by atoms with Gasteiger partial charge < -0.3 is 5.32 Å². The summed E-state index contributed by atoms with van der Waals surface area (Å²) < 4.78 is 1.69. The third-order valence-electron chi connectivity index (χ3n) is 5.02. The van der Waals surface area contributed by atoms with Gasteiger partial charge in [-0.25, -0.2) is 5.10 Å². The molecule has 0 aliphatic carbocycles. The van der Waals surface area contributed by atoms with Crippen molar-refractivity contribution in [2.24, 2.45) is 0 Å². The zero-order chi connectivity index (χ0) is 19.1. The van der Waals surface area contributed by atoms with Gasteiger partial charge in [0.25, 0.3) is 5.56 Å². The fourth-order valence-corrected chi connectivity index (χ4v) is 3.60. The highest BCUT2D eigenvalue weighted by Gasteiger charge is 2.34. The molecule has 1 atom stereocenters. The third kappa shape index (κ3) is 2.50. The maximum absolute atomic E-state index is 12.6. The molecule has 0 amide bonds. The number of aromatic amines is 1. The molecule has 0 saturated heterocycles. The van der Waals surface area contributed by atoms with Crippen LogP contribution in [0.1, 0.15) is 29.7 Å². The van der Waals surface area contributed by atoms with Crippen molar-refractivity contribution in [2.75, 3.05) is 5.32 Å². The summed E-state index contributed by atoms with van der Waals surface area (Å²) in [5.41, 5.74) is 4.68. The minimum absolute atomic E-state index is 0.306. The largest absolute Gasteiger partial charge is 0.318 e. The van der Waals surface area contributed by atoms with E-state index in [1.165, 1.54) is 5.56 Å². The van der Waals surface area contributed by atoms with Gasteiger partial charge in [0.2, 0.25) is 5.95 Å². The van der Waals surface area contributed by atoms with Crippen molar-refractivity contribution >= 4 is 11.6 Å². The lowest BCUT2D eigenvalue weighted by Crippen LogP contribution is -2.29. The first-order valence-corrected chi connectivity index (χ1v) is 9.08. The lowest BCUT2D eigenvalue weighted by molar-refractivity contribution is 0.567. The van der Waals surface area contributed by atoms with E-state index in [0.29, 0.717) is 17.3 Å². The maximum atomic E-state index is 12.6. The summed E-state index contributed by atoms with van der Waals surface area (Å²) in [6.07, 6.45) is 0.954. The quantitative estimate of drug-likeness (QED) is 0.506. The lowest BCUT2D eigenvalue weighted by atomic mass is 9.92. The van der Waals surface area contributed by atoms with Gasteiger partial charge in [-0.05, 0) is 28.0 Å². The fraction of sp³-hybridized carbons (Fsp3) is 0.150. The topological polar surface area (TPSA) is 101 Å². The van der Waals surface area contributed by atoms with Gasteiger partial charge in [0.05, 0.1) is 5.69 Å². The summed E-state index contributed by atoms with van der Waals surface area (Å²) in [6.45, 7) is 2.12. The number of anilines is 2. The van der Waals surface area contributed by atoms with Crippen LogP contribution in [0.3, 0.4) is 0 Å². The smallest absolute Gasteiger partial charge is 0.288 e. The number of nitrogens with zero attached hydrogens (tertiary/aromatic N) is 5. The van der Waals surface area contributed by atoms with Crippen LogP contribution in [0.5, 0.6) is 0 Å². The maximum Gasteiger partial charge on any atom is 0.288 e. The van der Waals surface area contributed by atoms with Crippen LogP contribution in [-0.2, 0) is 6.42 Å². The Labute approximate surface area is 160 Å². The molecule has 0 saturated carbocycles. The first-order valence-electron chi connectivity index (χ1n) is 9.08. The average Bonchev–Trinajstić information content (AvgIpc) is 3.22. The molecule has 0 fully saturated rings. The number of aromatic nitrogens is 6. The van der Waals surface area contributed by atoms with Crippen molar-refractivity contribution in [1.82, 2.24) is 30.4 Å². The van der Waals surface area contributed by atoms with Crippen LogP contribution in [0.2, 0.25) is 0 Å². The number of aryl methyl sites for hydroxylation is 1. The van der Waals surface area contributed by atoms with E-state index >= 15 is 0 Å². The van der Waals surface area contributed by atoms with E-state index in [1.807, 2.05) is 30.3 Å². The Bertz CT molecular complexity index is 1200. The van der Waals surface area contributed by atoms with Crippen LogP contribution in [0.4, 0.5) is 11.6 Å². The number of hydrogen-bond donors (Lipinski definition) is 2. The zero-order valence-electron chi connectivity index (χ0n) is 15.1. The molecule has 1 aliphatic rings. The second kappa shape index (κ2) is 6.41. The lowest BCUT2D eigenvalue weighted by Gasteiger charge is -2.27. The van der Waals surface area contributed by atoms with Crippen molar-refractivity contribution in [2.45, 2.75) is 19.4 Å². The molecule has 5 rings (SSSR count). The molecule has 2 N–H and O–H groups in total. The Hall–Kier alpha value is -3.81. The van der Waals surface area contributed by atoms with Crippen LogP contribution in [0.15, 0.2) is 59.4 Å². The van der Waals surface area contributed by atoms with Gasteiger partial charge >= 0.3 is 0 Å². The van der Waals surface area contributed by atoms with Gasteiger partial charge in [0.1, 0.15) is 11.7 Å². The molecule has 0 bridgehead atoms. The SMILES string of the molecule is CCc1ccc([C@H]2c3c(-c4ccccc4)n[nH]c(=O)c3Nc3nnnn32)cc1. The number of rotatable bonds is 3. The van der Waals surface area contributed by atoms with Crippen LogP contribution in [-0.4, -0.2) is 30.4 Å². The molecule has 2 aromatic heterocycles. The second-order valence-electron chi connectivity index (χ2n) is 6.63. The Balaban J connectivity index is 1.79. The van der Waals surface area contributed by atoms with Crippen molar-refractivity contribution in [3.8, 4) is 11.3 Å². The van der Waals surface area contributed by atoms with E-state index in [0.717, 1.165) is 23.1 Å². The monoisotopic (exact) mass is 371 g/mol. The number of hydrogen-bond acceptors (Lipinski definition) is 6. The third-order valence-corrected chi connectivity index (χ3v) is 5.02. The molecule has 1 aliphatic heterocycles. The Morgan fingerprint density at radius 1 is 1.07 bits per heavy atom. The Morgan fingerprint density at radius 3 is 2.61 bits per heavy atom. The second-order valence-corrected chi connectivity index (χ2v) is 6.63. The Morgan fingerprint density at radius 2 is 1.86 bits per heavy atom. The van der Waals surface area contributed by atoms with Gasteiger partial charge in [-0.15, -0.1) is 0 Å². The molecule has 0 radical (unpaired) electrons. The van der Waals surface area contributed by atoms with E-state index in [2.05, 4.69) is 62.2 Å². The number of benzene rings is 2. The predicted molar refractivity (Wildman–Crippen MR) is 104 cm³/mol. The zero-order valence-corrected chi connectivity index (χ0v) is 15.1. The van der Waals surface area contributed by atoms with Crippen LogP contribution >= 0.6 is 0 Å². The molecule has 2 aromatic carbocycles. The van der Waals surface area contributed by atoms with Crippen LogP contribution in [0.25, 0.3) is 11.3 Å². The molecule has 28 heavy (non-hydrogen) atoms. The minimum Gasteiger partial charge on any atom is -0.318 e. The highest BCUT2D eigenvalue weighted by molar-refractivity contribution is 5.75. The van der Waals surface area contributed by atoms with E-state index in [9.17, 15) is 4.79 Å². The van der Waals surface area contributed by atoms with E-state index in [-0.39, 0.29) is 11.6 Å². The standard InChI is InChI=1S/C20H17N7O/c1-2-12-8-10-14(11-9-12)18-15-16(13-6-4-3-5-7-13)22-23-19(28)17(15)21-20-24-25-26-27(18)20/h3-11,18H,2H2,1H3,(H,23,28)(H,21,24,26)/t18-/m0/s1. The molecule has 0 unspecified atom stereocenters. The van der Waals surface area contributed by atoms with Crippen molar-refractivity contribution in [3.63, 3.8) is 0 Å². The highest BCUT2D eigenvalue weighted by atomic mass is 16.1. The molecule has 3 heterocycles. The summed E-state index contributed by atoms with van der Waals surface area (Å²) in [6, 6.07) is 17.7. The van der Waals surface area contributed by atoms with Gasteiger partial charge in [-0.1, -0.05) is 66.6 Å².